The van der Waals surface area contributed by atoms with E-state index in [0.29, 0.717) is 12.0 Å². The molecule has 0 aliphatic carbocycles. The Morgan fingerprint density at radius 1 is 1.12 bits per heavy atom. The van der Waals surface area contributed by atoms with E-state index < -0.39 is 0 Å². The Labute approximate surface area is 99.0 Å². The van der Waals surface area contributed by atoms with Gasteiger partial charge in [0.1, 0.15) is 5.75 Å². The van der Waals surface area contributed by atoms with Crippen molar-refractivity contribution in [1.29, 1.82) is 0 Å². The van der Waals surface area contributed by atoms with Gasteiger partial charge in [0.15, 0.2) is 0 Å². The summed E-state index contributed by atoms with van der Waals surface area (Å²) in [4.78, 5) is 0. The van der Waals surface area contributed by atoms with Gasteiger partial charge in [0.25, 0.3) is 0 Å². The molecule has 0 aromatic heterocycles. The Kier molecular flexibility index (Phi) is 5.33. The molecular weight excluding hydrogens is 198 g/mol. The Hall–Kier alpha value is -1.02. The molecule has 1 atom stereocenters. The summed E-state index contributed by atoms with van der Waals surface area (Å²) in [6.07, 6.45) is 1.06. The smallest absolute Gasteiger partial charge is 0.119 e. The van der Waals surface area contributed by atoms with Crippen LogP contribution in [0.2, 0.25) is 0 Å². The van der Waals surface area contributed by atoms with Gasteiger partial charge in [0.05, 0.1) is 6.61 Å². The monoisotopic (exact) mass is 221 g/mol. The molecule has 0 fully saturated rings. The van der Waals surface area contributed by atoms with Crippen molar-refractivity contribution in [1.82, 2.24) is 5.32 Å². The van der Waals surface area contributed by atoms with E-state index in [-0.39, 0.29) is 0 Å². The van der Waals surface area contributed by atoms with Crippen molar-refractivity contribution < 1.29 is 4.74 Å². The molecule has 2 heteroatoms. The zero-order chi connectivity index (χ0) is 12.0. The lowest BCUT2D eigenvalue weighted by Gasteiger charge is -2.11. The summed E-state index contributed by atoms with van der Waals surface area (Å²) >= 11 is 0. The van der Waals surface area contributed by atoms with E-state index in [4.69, 9.17) is 4.74 Å². The van der Waals surface area contributed by atoms with E-state index in [1.54, 1.807) is 0 Å². The van der Waals surface area contributed by atoms with Crippen LogP contribution in [0.4, 0.5) is 0 Å². The molecule has 0 saturated carbocycles. The van der Waals surface area contributed by atoms with Crippen LogP contribution in [0.25, 0.3) is 0 Å². The fraction of sp³-hybridized carbons (Fsp3) is 0.571. The van der Waals surface area contributed by atoms with E-state index in [2.05, 4.69) is 50.4 Å². The molecular formula is C14H23NO. The molecule has 0 spiro atoms. The van der Waals surface area contributed by atoms with E-state index >= 15 is 0 Å². The quantitative estimate of drug-likeness (QED) is 0.797. The average Bonchev–Trinajstić information content (AvgIpc) is 2.28. The van der Waals surface area contributed by atoms with Gasteiger partial charge in [0, 0.05) is 6.04 Å². The molecule has 2 nitrogen and oxygen atoms in total. The van der Waals surface area contributed by atoms with Crippen LogP contribution in [-0.2, 0) is 6.42 Å². The Bertz CT molecular complexity index is 292. The Morgan fingerprint density at radius 3 is 2.25 bits per heavy atom. The van der Waals surface area contributed by atoms with Gasteiger partial charge < -0.3 is 10.1 Å². The fourth-order valence-corrected chi connectivity index (χ4v) is 1.44. The van der Waals surface area contributed by atoms with Crippen molar-refractivity contribution in [3.8, 4) is 5.75 Å². The van der Waals surface area contributed by atoms with Crippen LogP contribution >= 0.6 is 0 Å². The minimum atomic E-state index is 0.516. The highest BCUT2D eigenvalue weighted by Crippen LogP contribution is 2.14. The molecule has 0 bridgehead atoms. The van der Waals surface area contributed by atoms with Crippen molar-refractivity contribution in [2.75, 3.05) is 13.7 Å². The van der Waals surface area contributed by atoms with Crippen LogP contribution in [0.1, 0.15) is 26.3 Å². The molecule has 0 aliphatic rings. The third-order valence-electron chi connectivity index (χ3n) is 2.54. The number of likely N-dealkylation sites (N-methyl/N-ethyl adjacent to an activating group) is 1. The van der Waals surface area contributed by atoms with Crippen molar-refractivity contribution in [2.24, 2.45) is 5.92 Å². The first-order chi connectivity index (χ1) is 7.61. The second-order valence-electron chi connectivity index (χ2n) is 4.74. The molecule has 1 N–H and O–H groups in total. The number of hydrogen-bond donors (Lipinski definition) is 1. The highest BCUT2D eigenvalue weighted by atomic mass is 16.5. The van der Waals surface area contributed by atoms with E-state index in [9.17, 15) is 0 Å². The van der Waals surface area contributed by atoms with Crippen molar-refractivity contribution in [2.45, 2.75) is 33.2 Å². The Balaban J connectivity index is 2.47. The van der Waals surface area contributed by atoms with Gasteiger partial charge in [-0.1, -0.05) is 26.0 Å². The van der Waals surface area contributed by atoms with Crippen LogP contribution in [0.15, 0.2) is 24.3 Å². The minimum absolute atomic E-state index is 0.516. The SMILES string of the molecule is CNC(C)Cc1ccc(OCC(C)C)cc1. The number of benzene rings is 1. The molecule has 0 amide bonds. The number of ether oxygens (including phenoxy) is 1. The summed E-state index contributed by atoms with van der Waals surface area (Å²) in [5.41, 5.74) is 1.35. The third-order valence-corrected chi connectivity index (χ3v) is 2.54. The molecule has 1 rings (SSSR count). The van der Waals surface area contributed by atoms with E-state index in [0.717, 1.165) is 18.8 Å². The maximum atomic E-state index is 5.64. The summed E-state index contributed by atoms with van der Waals surface area (Å²) in [6, 6.07) is 8.91. The predicted molar refractivity (Wildman–Crippen MR) is 69.0 cm³/mol. The maximum absolute atomic E-state index is 5.64. The summed E-state index contributed by atoms with van der Waals surface area (Å²) in [5, 5.41) is 3.24. The van der Waals surface area contributed by atoms with Gasteiger partial charge in [-0.3, -0.25) is 0 Å². The van der Waals surface area contributed by atoms with Crippen LogP contribution in [0, 0.1) is 5.92 Å². The van der Waals surface area contributed by atoms with Crippen LogP contribution in [0.3, 0.4) is 0 Å². The van der Waals surface area contributed by atoms with E-state index in [1.165, 1.54) is 5.56 Å². The summed E-state index contributed by atoms with van der Waals surface area (Å²) in [7, 11) is 1.99. The van der Waals surface area contributed by atoms with Crippen LogP contribution < -0.4 is 10.1 Å². The summed E-state index contributed by atoms with van der Waals surface area (Å²) < 4.78 is 5.64. The third kappa shape index (κ3) is 4.67. The lowest BCUT2D eigenvalue weighted by Crippen LogP contribution is -2.23. The number of hydrogen-bond acceptors (Lipinski definition) is 2. The zero-order valence-electron chi connectivity index (χ0n) is 10.8. The molecule has 0 aliphatic heterocycles. The summed E-state index contributed by atoms with van der Waals surface area (Å²) in [6.45, 7) is 7.28. The number of rotatable bonds is 6. The topological polar surface area (TPSA) is 21.3 Å². The first-order valence-electron chi connectivity index (χ1n) is 6.00. The molecule has 0 radical (unpaired) electrons. The second-order valence-corrected chi connectivity index (χ2v) is 4.74. The maximum Gasteiger partial charge on any atom is 0.119 e. The van der Waals surface area contributed by atoms with Gasteiger partial charge in [-0.2, -0.15) is 0 Å². The highest BCUT2D eigenvalue weighted by molar-refractivity contribution is 5.27. The van der Waals surface area contributed by atoms with Gasteiger partial charge in [-0.15, -0.1) is 0 Å². The average molecular weight is 221 g/mol. The van der Waals surface area contributed by atoms with Crippen LogP contribution in [-0.4, -0.2) is 19.7 Å². The normalized spacial score (nSPS) is 12.8. The summed E-state index contributed by atoms with van der Waals surface area (Å²) in [5.74, 6) is 1.54. The van der Waals surface area contributed by atoms with Crippen molar-refractivity contribution in [3.05, 3.63) is 29.8 Å². The standard InChI is InChI=1S/C14H23NO/c1-11(2)10-16-14-7-5-13(6-8-14)9-12(3)15-4/h5-8,11-12,15H,9-10H2,1-4H3. The molecule has 1 aromatic carbocycles. The fourth-order valence-electron chi connectivity index (χ4n) is 1.44. The molecule has 0 saturated heterocycles. The second kappa shape index (κ2) is 6.54. The highest BCUT2D eigenvalue weighted by Gasteiger charge is 2.01. The van der Waals surface area contributed by atoms with E-state index in [1.807, 2.05) is 7.05 Å². The first kappa shape index (κ1) is 13.0. The van der Waals surface area contributed by atoms with Crippen LogP contribution in [0.5, 0.6) is 5.75 Å². The Morgan fingerprint density at radius 2 is 1.75 bits per heavy atom. The lowest BCUT2D eigenvalue weighted by atomic mass is 10.1. The molecule has 16 heavy (non-hydrogen) atoms. The molecule has 90 valence electrons. The van der Waals surface area contributed by atoms with Crippen molar-refractivity contribution in [3.63, 3.8) is 0 Å². The first-order valence-corrected chi connectivity index (χ1v) is 6.00. The molecule has 0 heterocycles. The lowest BCUT2D eigenvalue weighted by molar-refractivity contribution is 0.271. The van der Waals surface area contributed by atoms with Gasteiger partial charge in [-0.25, -0.2) is 0 Å². The van der Waals surface area contributed by atoms with Crippen molar-refractivity contribution >= 4 is 0 Å². The predicted octanol–water partition coefficient (Wildman–Crippen LogP) is 2.87. The zero-order valence-corrected chi connectivity index (χ0v) is 10.8. The molecule has 1 unspecified atom stereocenters. The van der Waals surface area contributed by atoms with Gasteiger partial charge in [0.2, 0.25) is 0 Å². The largest absolute Gasteiger partial charge is 0.493 e. The minimum Gasteiger partial charge on any atom is -0.493 e. The van der Waals surface area contributed by atoms with Gasteiger partial charge in [-0.05, 0) is 44.0 Å². The van der Waals surface area contributed by atoms with Gasteiger partial charge >= 0.3 is 0 Å². The number of nitrogens with one attached hydrogen (secondary N) is 1. The molecule has 1 aromatic rings.